The van der Waals surface area contributed by atoms with Crippen LogP contribution in [0.1, 0.15) is 31.2 Å². The van der Waals surface area contributed by atoms with Gasteiger partial charge in [0.15, 0.2) is 0 Å². The number of hydrogen-bond acceptors (Lipinski definition) is 4. The molecular weight excluding hydrogens is 236 g/mol. The van der Waals surface area contributed by atoms with Gasteiger partial charge in [-0.05, 0) is 13.8 Å². The molecule has 0 aliphatic carbocycles. The summed E-state index contributed by atoms with van der Waals surface area (Å²) >= 11 is 7.03. The van der Waals surface area contributed by atoms with Gasteiger partial charge in [-0.1, -0.05) is 11.6 Å². The molecule has 6 heteroatoms. The van der Waals surface area contributed by atoms with Crippen molar-refractivity contribution in [1.82, 2.24) is 4.98 Å². The van der Waals surface area contributed by atoms with Crippen molar-refractivity contribution in [2.24, 2.45) is 5.73 Å². The first kappa shape index (κ1) is 12.4. The van der Waals surface area contributed by atoms with Gasteiger partial charge < -0.3 is 10.8 Å². The molecule has 1 unspecified atom stereocenters. The number of hydrogen-bond donors (Lipinski definition) is 2. The van der Waals surface area contributed by atoms with Crippen LogP contribution in [0.4, 0.5) is 0 Å². The Labute approximate surface area is 97.1 Å². The fraction of sp³-hybridized carbons (Fsp3) is 0.556. The van der Waals surface area contributed by atoms with Crippen molar-refractivity contribution in [3.63, 3.8) is 0 Å². The predicted molar refractivity (Wildman–Crippen MR) is 60.4 cm³/mol. The Morgan fingerprint density at radius 2 is 2.40 bits per heavy atom. The van der Waals surface area contributed by atoms with Crippen molar-refractivity contribution < 1.29 is 9.90 Å². The lowest BCUT2D eigenvalue weighted by Gasteiger charge is -2.27. The molecule has 0 radical (unpaired) electrons. The number of carbonyl (C=O) groups is 1. The lowest BCUT2D eigenvalue weighted by atomic mass is 9.86. The van der Waals surface area contributed by atoms with E-state index in [2.05, 4.69) is 4.98 Å². The summed E-state index contributed by atoms with van der Waals surface area (Å²) in [5.41, 5.74) is 5.30. The van der Waals surface area contributed by atoms with Crippen molar-refractivity contribution in [3.05, 3.63) is 15.5 Å². The van der Waals surface area contributed by atoms with Gasteiger partial charge in [-0.2, -0.15) is 0 Å². The topological polar surface area (TPSA) is 76.2 Å². The van der Waals surface area contributed by atoms with E-state index in [1.165, 1.54) is 17.5 Å². The fourth-order valence-electron chi connectivity index (χ4n) is 1.27. The Bertz CT molecular complexity index is 359. The summed E-state index contributed by atoms with van der Waals surface area (Å²) in [5.74, 6) is -1.20. The lowest BCUT2D eigenvalue weighted by Crippen LogP contribution is -2.40. The van der Waals surface area contributed by atoms with Crippen molar-refractivity contribution in [3.8, 4) is 0 Å². The summed E-state index contributed by atoms with van der Waals surface area (Å²) < 4.78 is 0.546. The van der Waals surface area contributed by atoms with Gasteiger partial charge in [0.05, 0.1) is 17.6 Å². The summed E-state index contributed by atoms with van der Waals surface area (Å²) in [7, 11) is 0. The van der Waals surface area contributed by atoms with Crippen LogP contribution in [0.5, 0.6) is 0 Å². The van der Waals surface area contributed by atoms with E-state index in [1.54, 1.807) is 13.8 Å². The number of rotatable bonds is 4. The molecule has 0 aromatic carbocycles. The van der Waals surface area contributed by atoms with Gasteiger partial charge in [-0.15, -0.1) is 11.3 Å². The predicted octanol–water partition coefficient (Wildman–Crippen LogP) is 2.09. The molecule has 1 aromatic rings. The SMILES string of the molecule is CC(C)(N)C(CC(=O)O)c1ncc(Cl)s1. The number of carboxylic acid groups (broad SMARTS) is 1. The first-order valence-corrected chi connectivity index (χ1v) is 5.62. The number of halogens is 1. The maximum Gasteiger partial charge on any atom is 0.304 e. The van der Waals surface area contributed by atoms with Crippen LogP contribution in [0.2, 0.25) is 4.34 Å². The van der Waals surface area contributed by atoms with Crippen LogP contribution in [-0.2, 0) is 4.79 Å². The highest BCUT2D eigenvalue weighted by molar-refractivity contribution is 7.15. The summed E-state index contributed by atoms with van der Waals surface area (Å²) in [4.78, 5) is 14.8. The van der Waals surface area contributed by atoms with E-state index in [-0.39, 0.29) is 12.3 Å². The van der Waals surface area contributed by atoms with Crippen LogP contribution in [-0.4, -0.2) is 21.6 Å². The number of aromatic nitrogens is 1. The quantitative estimate of drug-likeness (QED) is 0.856. The van der Waals surface area contributed by atoms with Gasteiger partial charge in [0.1, 0.15) is 4.34 Å². The molecule has 4 nitrogen and oxygen atoms in total. The average molecular weight is 249 g/mol. The molecule has 1 aromatic heterocycles. The molecule has 0 saturated carbocycles. The first-order valence-electron chi connectivity index (χ1n) is 4.42. The number of aliphatic carboxylic acids is 1. The highest BCUT2D eigenvalue weighted by atomic mass is 35.5. The third kappa shape index (κ3) is 3.44. The van der Waals surface area contributed by atoms with Gasteiger partial charge in [0.25, 0.3) is 0 Å². The minimum atomic E-state index is -0.884. The maximum absolute atomic E-state index is 10.7. The minimum Gasteiger partial charge on any atom is -0.481 e. The summed E-state index contributed by atoms with van der Waals surface area (Å²) in [6, 6.07) is 0. The number of carboxylic acids is 1. The minimum absolute atomic E-state index is 0.0344. The van der Waals surface area contributed by atoms with Crippen LogP contribution in [0.25, 0.3) is 0 Å². The van der Waals surface area contributed by atoms with E-state index in [0.29, 0.717) is 9.34 Å². The van der Waals surface area contributed by atoms with Crippen LogP contribution in [0, 0.1) is 0 Å². The van der Waals surface area contributed by atoms with Crippen molar-refractivity contribution >= 4 is 28.9 Å². The van der Waals surface area contributed by atoms with Gasteiger partial charge >= 0.3 is 5.97 Å². The number of thiazole rings is 1. The van der Waals surface area contributed by atoms with Gasteiger partial charge in [0, 0.05) is 11.5 Å². The van der Waals surface area contributed by atoms with E-state index in [4.69, 9.17) is 22.4 Å². The molecule has 0 saturated heterocycles. The zero-order valence-corrected chi connectivity index (χ0v) is 10.1. The van der Waals surface area contributed by atoms with E-state index in [9.17, 15) is 4.79 Å². The highest BCUT2D eigenvalue weighted by Gasteiger charge is 2.31. The second-order valence-corrected chi connectivity index (χ2v) is 5.67. The smallest absolute Gasteiger partial charge is 0.304 e. The van der Waals surface area contributed by atoms with Crippen LogP contribution < -0.4 is 5.73 Å². The van der Waals surface area contributed by atoms with Crippen LogP contribution in [0.3, 0.4) is 0 Å². The normalized spacial score (nSPS) is 13.9. The number of nitrogens with zero attached hydrogens (tertiary/aromatic N) is 1. The third-order valence-electron chi connectivity index (χ3n) is 2.07. The zero-order chi connectivity index (χ0) is 11.6. The largest absolute Gasteiger partial charge is 0.481 e. The molecule has 84 valence electrons. The Balaban J connectivity index is 2.96. The monoisotopic (exact) mass is 248 g/mol. The second-order valence-electron chi connectivity index (χ2n) is 3.97. The highest BCUT2D eigenvalue weighted by Crippen LogP contribution is 2.33. The van der Waals surface area contributed by atoms with E-state index in [1.807, 2.05) is 0 Å². The number of nitrogens with two attached hydrogens (primary N) is 1. The second kappa shape index (κ2) is 4.47. The Kier molecular flexibility index (Phi) is 3.70. The van der Waals surface area contributed by atoms with Gasteiger partial charge in [-0.25, -0.2) is 4.98 Å². The van der Waals surface area contributed by atoms with Crippen LogP contribution >= 0.6 is 22.9 Å². The molecular formula is C9H13ClN2O2S. The molecule has 0 aliphatic rings. The molecule has 1 heterocycles. The molecule has 1 rings (SSSR count). The zero-order valence-electron chi connectivity index (χ0n) is 8.53. The van der Waals surface area contributed by atoms with Gasteiger partial charge in [-0.3, -0.25) is 4.79 Å². The molecule has 0 spiro atoms. The summed E-state index contributed by atoms with van der Waals surface area (Å²) in [6.45, 7) is 3.58. The molecule has 3 N–H and O–H groups in total. The first-order chi connectivity index (χ1) is 6.80. The van der Waals surface area contributed by atoms with Crippen LogP contribution in [0.15, 0.2) is 6.20 Å². The van der Waals surface area contributed by atoms with E-state index >= 15 is 0 Å². The fourth-order valence-corrected chi connectivity index (χ4v) is 2.50. The van der Waals surface area contributed by atoms with E-state index < -0.39 is 11.5 Å². The molecule has 0 aliphatic heterocycles. The Morgan fingerprint density at radius 3 is 2.73 bits per heavy atom. The lowest BCUT2D eigenvalue weighted by molar-refractivity contribution is -0.137. The third-order valence-corrected chi connectivity index (χ3v) is 3.30. The van der Waals surface area contributed by atoms with Crippen molar-refractivity contribution in [1.29, 1.82) is 0 Å². The van der Waals surface area contributed by atoms with E-state index in [0.717, 1.165) is 0 Å². The summed E-state index contributed by atoms with van der Waals surface area (Å²) in [6.07, 6.45) is 1.48. The van der Waals surface area contributed by atoms with Crippen molar-refractivity contribution in [2.75, 3.05) is 0 Å². The molecule has 0 amide bonds. The Hall–Kier alpha value is -0.650. The van der Waals surface area contributed by atoms with Crippen molar-refractivity contribution in [2.45, 2.75) is 31.7 Å². The maximum atomic E-state index is 10.7. The molecule has 0 bridgehead atoms. The molecule has 15 heavy (non-hydrogen) atoms. The summed E-state index contributed by atoms with van der Waals surface area (Å²) in [5, 5.41) is 9.48. The molecule has 1 atom stereocenters. The van der Waals surface area contributed by atoms with Gasteiger partial charge in [0.2, 0.25) is 0 Å². The molecule has 0 fully saturated rings. The standard InChI is InChI=1S/C9H13ClN2O2S/c1-9(2,11)5(3-7(13)14)8-12-4-6(10)15-8/h4-5H,3,11H2,1-2H3,(H,13,14). The Morgan fingerprint density at radius 1 is 1.80 bits per heavy atom. The average Bonchev–Trinajstić information content (AvgIpc) is 2.45.